The Balaban J connectivity index is 1.74. The molecule has 2 unspecified atom stereocenters. The molecule has 1 fully saturated rings. The third-order valence-corrected chi connectivity index (χ3v) is 3.05. The first-order valence-corrected chi connectivity index (χ1v) is 6.90. The molecule has 1 aromatic rings. The Hall–Kier alpha value is -2.91. The molecule has 0 radical (unpaired) electrons. The largest absolute Gasteiger partial charge is 0.453 e. The molecule has 0 spiro atoms. The van der Waals surface area contributed by atoms with Crippen molar-refractivity contribution >= 4 is 29.6 Å². The molecule has 0 aromatic carbocycles. The van der Waals surface area contributed by atoms with Crippen LogP contribution in [0.1, 0.15) is 25.5 Å². The Labute approximate surface area is 130 Å². The Morgan fingerprint density at radius 1 is 1.48 bits per heavy atom. The lowest BCUT2D eigenvalue weighted by molar-refractivity contribution is -0.153. The minimum Gasteiger partial charge on any atom is -0.453 e. The van der Waals surface area contributed by atoms with E-state index in [1.807, 2.05) is 0 Å². The number of hydrogen-bond acceptors (Lipinski definition) is 7. The molecule has 2 atom stereocenters. The zero-order valence-electron chi connectivity index (χ0n) is 12.5. The van der Waals surface area contributed by atoms with E-state index in [0.29, 0.717) is 5.76 Å². The summed E-state index contributed by atoms with van der Waals surface area (Å²) in [6, 6.07) is 0.162. The maximum Gasteiger partial charge on any atom is 0.322 e. The number of hydrogen-bond donors (Lipinski definition) is 3. The maximum atomic E-state index is 11.8. The third kappa shape index (κ3) is 4.53. The number of ether oxygens (including phenoxy) is 1. The van der Waals surface area contributed by atoms with E-state index in [4.69, 9.17) is 9.26 Å². The first-order chi connectivity index (χ1) is 10.8. The Bertz CT molecular complexity index is 640. The van der Waals surface area contributed by atoms with Gasteiger partial charge >= 0.3 is 12.0 Å². The number of aromatic nitrogens is 1. The number of nitrogens with zero attached hydrogens (tertiary/aromatic N) is 1. The van der Waals surface area contributed by atoms with Crippen LogP contribution in [0, 0.1) is 6.92 Å². The lowest BCUT2D eigenvalue weighted by Crippen LogP contribution is -2.32. The number of carbonyl (C=O) groups excluding carboxylic acids is 4. The van der Waals surface area contributed by atoms with E-state index in [-0.39, 0.29) is 18.7 Å². The van der Waals surface area contributed by atoms with E-state index < -0.39 is 36.0 Å². The normalized spacial score (nSPS) is 18.1. The Kier molecular flexibility index (Phi) is 4.94. The minimum absolute atomic E-state index is 0.0905. The Morgan fingerprint density at radius 3 is 2.78 bits per heavy atom. The molecule has 2 heterocycles. The van der Waals surface area contributed by atoms with Crippen molar-refractivity contribution in [3.8, 4) is 0 Å². The second kappa shape index (κ2) is 6.90. The predicted molar refractivity (Wildman–Crippen MR) is 75.1 cm³/mol. The van der Waals surface area contributed by atoms with E-state index in [1.165, 1.54) is 13.0 Å². The first kappa shape index (κ1) is 16.5. The second-order valence-corrected chi connectivity index (χ2v) is 5.00. The van der Waals surface area contributed by atoms with Crippen LogP contribution in [0.4, 0.5) is 10.6 Å². The van der Waals surface area contributed by atoms with E-state index >= 15 is 0 Å². The van der Waals surface area contributed by atoms with Gasteiger partial charge in [-0.05, 0) is 20.3 Å². The van der Waals surface area contributed by atoms with Crippen molar-refractivity contribution in [2.75, 3.05) is 5.32 Å². The number of anilines is 1. The first-order valence-electron chi connectivity index (χ1n) is 6.90. The molecule has 2 rings (SSSR count). The average Bonchev–Trinajstić information content (AvgIpc) is 3.01. The number of imide groups is 1. The SMILES string of the molecule is Cc1cc(NC(=O)C(C)OC(=O)CCC2NC(=O)NC2=O)no1. The molecule has 1 saturated heterocycles. The molecule has 0 bridgehead atoms. The summed E-state index contributed by atoms with van der Waals surface area (Å²) in [6.07, 6.45) is -1.06. The van der Waals surface area contributed by atoms with Gasteiger partial charge in [0.2, 0.25) is 0 Å². The molecule has 124 valence electrons. The maximum absolute atomic E-state index is 11.8. The molecule has 10 heteroatoms. The van der Waals surface area contributed by atoms with E-state index in [9.17, 15) is 19.2 Å². The van der Waals surface area contributed by atoms with Crippen LogP contribution in [-0.2, 0) is 19.1 Å². The van der Waals surface area contributed by atoms with Gasteiger partial charge in [-0.15, -0.1) is 0 Å². The summed E-state index contributed by atoms with van der Waals surface area (Å²) >= 11 is 0. The van der Waals surface area contributed by atoms with Crippen LogP contribution in [0.2, 0.25) is 0 Å². The minimum atomic E-state index is -1.04. The van der Waals surface area contributed by atoms with Gasteiger partial charge in [0.1, 0.15) is 11.8 Å². The lowest BCUT2D eigenvalue weighted by Gasteiger charge is -2.13. The number of amides is 4. The van der Waals surface area contributed by atoms with Crippen molar-refractivity contribution in [3.63, 3.8) is 0 Å². The van der Waals surface area contributed by atoms with Crippen molar-refractivity contribution in [3.05, 3.63) is 11.8 Å². The predicted octanol–water partition coefficient (Wildman–Crippen LogP) is -0.159. The van der Waals surface area contributed by atoms with Gasteiger partial charge in [0, 0.05) is 12.5 Å². The standard InChI is InChI=1S/C13H16N4O6/c1-6-5-9(17-23-6)15-11(19)7(2)22-10(18)4-3-8-12(20)16-13(21)14-8/h5,7-8H,3-4H2,1-2H3,(H,15,17,19)(H2,14,16,20,21). The topological polar surface area (TPSA) is 140 Å². The van der Waals surface area contributed by atoms with Crippen LogP contribution in [-0.4, -0.2) is 41.1 Å². The summed E-state index contributed by atoms with van der Waals surface area (Å²) in [5, 5.41) is 10.4. The van der Waals surface area contributed by atoms with Crippen LogP contribution in [0.3, 0.4) is 0 Å². The van der Waals surface area contributed by atoms with Crippen LogP contribution in [0.25, 0.3) is 0 Å². The number of esters is 1. The van der Waals surface area contributed by atoms with E-state index in [0.717, 1.165) is 0 Å². The molecule has 4 amide bonds. The molecular formula is C13H16N4O6. The average molecular weight is 324 g/mol. The van der Waals surface area contributed by atoms with Crippen molar-refractivity contribution < 1.29 is 28.4 Å². The molecule has 1 aliphatic rings. The second-order valence-electron chi connectivity index (χ2n) is 5.00. The van der Waals surface area contributed by atoms with Gasteiger partial charge in [-0.3, -0.25) is 19.7 Å². The molecule has 10 nitrogen and oxygen atoms in total. The highest BCUT2D eigenvalue weighted by atomic mass is 16.5. The van der Waals surface area contributed by atoms with E-state index in [1.54, 1.807) is 6.92 Å². The lowest BCUT2D eigenvalue weighted by atomic mass is 10.1. The van der Waals surface area contributed by atoms with Crippen molar-refractivity contribution in [1.82, 2.24) is 15.8 Å². The van der Waals surface area contributed by atoms with Gasteiger partial charge in [-0.1, -0.05) is 5.16 Å². The van der Waals surface area contributed by atoms with Crippen LogP contribution >= 0.6 is 0 Å². The highest BCUT2D eigenvalue weighted by Crippen LogP contribution is 2.09. The fourth-order valence-corrected chi connectivity index (χ4v) is 1.89. The summed E-state index contributed by atoms with van der Waals surface area (Å²) in [4.78, 5) is 45.7. The highest BCUT2D eigenvalue weighted by molar-refractivity contribution is 6.04. The fourth-order valence-electron chi connectivity index (χ4n) is 1.89. The van der Waals surface area contributed by atoms with Gasteiger partial charge in [0.25, 0.3) is 11.8 Å². The molecular weight excluding hydrogens is 308 g/mol. The summed E-state index contributed by atoms with van der Waals surface area (Å²) < 4.78 is 9.75. The molecule has 0 saturated carbocycles. The van der Waals surface area contributed by atoms with Crippen molar-refractivity contribution in [2.24, 2.45) is 0 Å². The molecule has 0 aliphatic carbocycles. The number of urea groups is 1. The number of rotatable bonds is 6. The smallest absolute Gasteiger partial charge is 0.322 e. The van der Waals surface area contributed by atoms with Crippen molar-refractivity contribution in [1.29, 1.82) is 0 Å². The molecule has 1 aromatic heterocycles. The van der Waals surface area contributed by atoms with Gasteiger partial charge < -0.3 is 19.9 Å². The zero-order chi connectivity index (χ0) is 17.0. The van der Waals surface area contributed by atoms with Crippen LogP contribution in [0.15, 0.2) is 10.6 Å². The zero-order valence-corrected chi connectivity index (χ0v) is 12.5. The van der Waals surface area contributed by atoms with Gasteiger partial charge in [-0.25, -0.2) is 4.79 Å². The van der Waals surface area contributed by atoms with Crippen LogP contribution < -0.4 is 16.0 Å². The monoisotopic (exact) mass is 324 g/mol. The van der Waals surface area contributed by atoms with Crippen LogP contribution in [0.5, 0.6) is 0 Å². The fraction of sp³-hybridized carbons (Fsp3) is 0.462. The molecule has 3 N–H and O–H groups in total. The quantitative estimate of drug-likeness (QED) is 0.488. The summed E-state index contributed by atoms with van der Waals surface area (Å²) in [6.45, 7) is 3.08. The summed E-state index contributed by atoms with van der Waals surface area (Å²) in [5.74, 6) is -0.950. The summed E-state index contributed by atoms with van der Waals surface area (Å²) in [5.41, 5.74) is 0. The molecule has 1 aliphatic heterocycles. The van der Waals surface area contributed by atoms with Gasteiger partial charge in [0.15, 0.2) is 11.9 Å². The van der Waals surface area contributed by atoms with Gasteiger partial charge in [-0.2, -0.15) is 0 Å². The van der Waals surface area contributed by atoms with Gasteiger partial charge in [0.05, 0.1) is 0 Å². The Morgan fingerprint density at radius 2 is 2.22 bits per heavy atom. The molecule has 23 heavy (non-hydrogen) atoms. The number of aryl methyl sites for hydroxylation is 1. The third-order valence-electron chi connectivity index (χ3n) is 3.05. The van der Waals surface area contributed by atoms with E-state index in [2.05, 4.69) is 21.1 Å². The number of carbonyl (C=O) groups is 4. The summed E-state index contributed by atoms with van der Waals surface area (Å²) in [7, 11) is 0. The number of nitrogens with one attached hydrogen (secondary N) is 3. The van der Waals surface area contributed by atoms with Crippen molar-refractivity contribution in [2.45, 2.75) is 38.8 Å². The highest BCUT2D eigenvalue weighted by Gasteiger charge is 2.30.